The molecule has 2 N–H and O–H groups in total. The summed E-state index contributed by atoms with van der Waals surface area (Å²) in [6.07, 6.45) is 6.81. The SMILES string of the molecule is CCCNC(=O)Cc1ccc2c(c1)N(C1CCNC(CCc3ccc(F)cc3)C1)CC2. The van der Waals surface area contributed by atoms with E-state index in [4.69, 9.17) is 0 Å². The quantitative estimate of drug-likeness (QED) is 0.674. The fraction of sp³-hybridized carbons (Fsp3) is 0.500. The highest BCUT2D eigenvalue weighted by atomic mass is 19.1. The number of amides is 1. The van der Waals surface area contributed by atoms with Crippen molar-refractivity contribution < 1.29 is 9.18 Å². The molecule has 0 aromatic heterocycles. The highest BCUT2D eigenvalue weighted by molar-refractivity contribution is 5.79. The van der Waals surface area contributed by atoms with Crippen molar-refractivity contribution in [1.29, 1.82) is 0 Å². The number of nitrogens with one attached hydrogen (secondary N) is 2. The van der Waals surface area contributed by atoms with E-state index in [1.807, 2.05) is 12.1 Å². The molecule has 4 nitrogen and oxygen atoms in total. The van der Waals surface area contributed by atoms with Crippen molar-refractivity contribution in [3.63, 3.8) is 0 Å². The van der Waals surface area contributed by atoms with Crippen molar-refractivity contribution in [2.24, 2.45) is 0 Å². The van der Waals surface area contributed by atoms with E-state index in [9.17, 15) is 9.18 Å². The Morgan fingerprint density at radius 1 is 1.19 bits per heavy atom. The van der Waals surface area contributed by atoms with Gasteiger partial charge < -0.3 is 15.5 Å². The van der Waals surface area contributed by atoms with Gasteiger partial charge in [-0.25, -0.2) is 4.39 Å². The molecule has 0 saturated carbocycles. The normalized spacial score (nSPS) is 20.5. The van der Waals surface area contributed by atoms with Crippen molar-refractivity contribution in [3.05, 3.63) is 65.0 Å². The molecule has 0 aliphatic carbocycles. The van der Waals surface area contributed by atoms with Crippen LogP contribution in [0.15, 0.2) is 42.5 Å². The molecule has 31 heavy (non-hydrogen) atoms. The maximum atomic E-state index is 13.1. The molecule has 2 aliphatic heterocycles. The van der Waals surface area contributed by atoms with Crippen LogP contribution in [-0.2, 0) is 24.1 Å². The number of nitrogens with zero attached hydrogens (tertiary/aromatic N) is 1. The Hall–Kier alpha value is -2.40. The molecule has 4 rings (SSSR count). The molecule has 2 heterocycles. The molecule has 5 heteroatoms. The van der Waals surface area contributed by atoms with Crippen molar-refractivity contribution >= 4 is 11.6 Å². The molecule has 2 atom stereocenters. The first-order chi connectivity index (χ1) is 15.1. The van der Waals surface area contributed by atoms with Crippen molar-refractivity contribution in [1.82, 2.24) is 10.6 Å². The van der Waals surface area contributed by atoms with E-state index < -0.39 is 0 Å². The van der Waals surface area contributed by atoms with Crippen molar-refractivity contribution in [3.8, 4) is 0 Å². The monoisotopic (exact) mass is 423 g/mol. The molecular formula is C26H34FN3O. The van der Waals surface area contributed by atoms with Gasteiger partial charge in [-0.15, -0.1) is 0 Å². The lowest BCUT2D eigenvalue weighted by Crippen LogP contribution is -2.47. The van der Waals surface area contributed by atoms with Gasteiger partial charge in [0.15, 0.2) is 0 Å². The average Bonchev–Trinajstić information content (AvgIpc) is 3.21. The summed E-state index contributed by atoms with van der Waals surface area (Å²) in [5.74, 6) is -0.0661. The predicted octanol–water partition coefficient (Wildman–Crippen LogP) is 4.01. The Bertz CT molecular complexity index is 883. The van der Waals surface area contributed by atoms with Crippen LogP contribution in [0, 0.1) is 5.82 Å². The number of carbonyl (C=O) groups is 1. The fourth-order valence-corrected chi connectivity index (χ4v) is 4.93. The molecule has 166 valence electrons. The number of hydrogen-bond acceptors (Lipinski definition) is 3. The standard InChI is InChI=1S/C26H34FN3O/c1-2-13-29-26(31)17-20-3-7-21-12-15-30(25(21)16-20)24-11-14-28-23(18-24)10-6-19-4-8-22(27)9-5-19/h3-5,7-9,16,23-24,28H,2,6,10-15,17-18H2,1H3,(H,29,31). The molecule has 0 spiro atoms. The Morgan fingerprint density at radius 3 is 2.81 bits per heavy atom. The molecule has 1 fully saturated rings. The minimum Gasteiger partial charge on any atom is -0.368 e. The summed E-state index contributed by atoms with van der Waals surface area (Å²) in [7, 11) is 0. The third-order valence-electron chi connectivity index (χ3n) is 6.62. The van der Waals surface area contributed by atoms with E-state index in [2.05, 4.69) is 40.7 Å². The van der Waals surface area contributed by atoms with Gasteiger partial charge in [-0.3, -0.25) is 4.79 Å². The first kappa shape index (κ1) is 21.8. The van der Waals surface area contributed by atoms with Crippen LogP contribution in [0.1, 0.15) is 49.3 Å². The fourth-order valence-electron chi connectivity index (χ4n) is 4.93. The van der Waals surface area contributed by atoms with Crippen LogP contribution in [0.2, 0.25) is 0 Å². The molecule has 2 aromatic rings. The number of rotatable bonds is 8. The Kier molecular flexibility index (Phi) is 7.23. The van der Waals surface area contributed by atoms with Crippen molar-refractivity contribution in [2.45, 2.75) is 64.0 Å². The molecule has 2 aliphatic rings. The van der Waals surface area contributed by atoms with Crippen LogP contribution < -0.4 is 15.5 Å². The third kappa shape index (κ3) is 5.65. The maximum Gasteiger partial charge on any atom is 0.224 e. The number of halogens is 1. The number of anilines is 1. The summed E-state index contributed by atoms with van der Waals surface area (Å²) >= 11 is 0. The van der Waals surface area contributed by atoms with Gasteiger partial charge in [-0.2, -0.15) is 0 Å². The van der Waals surface area contributed by atoms with E-state index in [0.717, 1.165) is 63.7 Å². The lowest BCUT2D eigenvalue weighted by atomic mass is 9.93. The smallest absolute Gasteiger partial charge is 0.224 e. The van der Waals surface area contributed by atoms with E-state index in [1.165, 1.54) is 16.8 Å². The Morgan fingerprint density at radius 2 is 2.00 bits per heavy atom. The van der Waals surface area contributed by atoms with Gasteiger partial charge in [-0.05, 0) is 80.0 Å². The highest BCUT2D eigenvalue weighted by Crippen LogP contribution is 2.34. The van der Waals surface area contributed by atoms with Crippen LogP contribution in [0.3, 0.4) is 0 Å². The number of hydrogen-bond donors (Lipinski definition) is 2. The van der Waals surface area contributed by atoms with Crippen LogP contribution in [0.5, 0.6) is 0 Å². The predicted molar refractivity (Wildman–Crippen MR) is 124 cm³/mol. The van der Waals surface area contributed by atoms with Crippen molar-refractivity contribution in [2.75, 3.05) is 24.5 Å². The Labute approximate surface area is 185 Å². The van der Waals surface area contributed by atoms with Gasteiger partial charge in [0.2, 0.25) is 5.91 Å². The molecular weight excluding hydrogens is 389 g/mol. The number of carbonyl (C=O) groups excluding carboxylic acids is 1. The van der Waals surface area contributed by atoms with Gasteiger partial charge in [0.25, 0.3) is 0 Å². The van der Waals surface area contributed by atoms with Crippen LogP contribution in [0.4, 0.5) is 10.1 Å². The van der Waals surface area contributed by atoms with Gasteiger partial charge in [-0.1, -0.05) is 31.2 Å². The van der Waals surface area contributed by atoms with Gasteiger partial charge in [0.1, 0.15) is 5.82 Å². The summed E-state index contributed by atoms with van der Waals surface area (Å²) in [4.78, 5) is 14.7. The molecule has 0 bridgehead atoms. The van der Waals surface area contributed by atoms with Gasteiger partial charge in [0, 0.05) is 30.9 Å². The molecule has 2 unspecified atom stereocenters. The first-order valence-electron chi connectivity index (χ1n) is 11.8. The summed E-state index contributed by atoms with van der Waals surface area (Å²) in [6.45, 7) is 4.91. The minimum absolute atomic E-state index is 0.106. The van der Waals surface area contributed by atoms with E-state index in [-0.39, 0.29) is 11.7 Å². The number of fused-ring (bicyclic) bond motifs is 1. The highest BCUT2D eigenvalue weighted by Gasteiger charge is 2.30. The summed E-state index contributed by atoms with van der Waals surface area (Å²) in [5.41, 5.74) is 5.02. The average molecular weight is 424 g/mol. The molecule has 1 amide bonds. The zero-order valence-corrected chi connectivity index (χ0v) is 18.5. The van der Waals surface area contributed by atoms with E-state index in [1.54, 1.807) is 12.1 Å². The zero-order chi connectivity index (χ0) is 21.6. The summed E-state index contributed by atoms with van der Waals surface area (Å²) in [5, 5.41) is 6.66. The van der Waals surface area contributed by atoms with Gasteiger partial charge in [0.05, 0.1) is 6.42 Å². The first-order valence-corrected chi connectivity index (χ1v) is 11.8. The maximum absolute atomic E-state index is 13.1. The zero-order valence-electron chi connectivity index (χ0n) is 18.5. The second kappa shape index (κ2) is 10.3. The Balaban J connectivity index is 1.37. The number of piperidine rings is 1. The third-order valence-corrected chi connectivity index (χ3v) is 6.62. The largest absolute Gasteiger partial charge is 0.368 e. The van der Waals surface area contributed by atoms with Gasteiger partial charge >= 0.3 is 0 Å². The van der Waals surface area contributed by atoms with E-state index in [0.29, 0.717) is 18.5 Å². The van der Waals surface area contributed by atoms with Crippen LogP contribution in [0.25, 0.3) is 0 Å². The van der Waals surface area contributed by atoms with Crippen LogP contribution in [-0.4, -0.2) is 37.6 Å². The second-order valence-corrected chi connectivity index (χ2v) is 8.93. The minimum atomic E-state index is -0.172. The van der Waals surface area contributed by atoms with Crippen LogP contribution >= 0.6 is 0 Å². The number of aryl methyl sites for hydroxylation is 1. The van der Waals surface area contributed by atoms with E-state index >= 15 is 0 Å². The number of benzene rings is 2. The molecule has 1 saturated heterocycles. The second-order valence-electron chi connectivity index (χ2n) is 8.93. The molecule has 2 aromatic carbocycles. The lowest BCUT2D eigenvalue weighted by Gasteiger charge is -2.38. The lowest BCUT2D eigenvalue weighted by molar-refractivity contribution is -0.120. The topological polar surface area (TPSA) is 44.4 Å². The summed E-state index contributed by atoms with van der Waals surface area (Å²) < 4.78 is 13.1. The molecule has 0 radical (unpaired) electrons. The summed E-state index contributed by atoms with van der Waals surface area (Å²) in [6, 6.07) is 14.5.